The largest absolute Gasteiger partial charge is 0.611 e. The summed E-state index contributed by atoms with van der Waals surface area (Å²) in [7, 11) is 0. The summed E-state index contributed by atoms with van der Waals surface area (Å²) in [6.07, 6.45) is 1.88. The molecule has 1 atom stereocenters. The van der Waals surface area contributed by atoms with Crippen LogP contribution >= 0.6 is 27.7 Å². The van der Waals surface area contributed by atoms with Gasteiger partial charge in [-0.15, -0.1) is 0 Å². The summed E-state index contributed by atoms with van der Waals surface area (Å²) >= 11 is 3.52. The average Bonchev–Trinajstić information content (AvgIpc) is 3.59. The molecule has 0 radical (unpaired) electrons. The van der Waals surface area contributed by atoms with E-state index in [0.29, 0.717) is 49.6 Å². The normalized spacial score (nSPS) is 14.5. The Hall–Kier alpha value is -1.72. The Labute approximate surface area is 213 Å². The zero-order valence-electron chi connectivity index (χ0n) is 18.7. The topological polar surface area (TPSA) is 101 Å². The quantitative estimate of drug-likeness (QED) is 0.196. The Morgan fingerprint density at radius 1 is 1.38 bits per heavy atom. The van der Waals surface area contributed by atoms with Gasteiger partial charge in [-0.3, -0.25) is 0 Å². The van der Waals surface area contributed by atoms with Gasteiger partial charge in [0, 0.05) is 35.0 Å². The number of ether oxygens (including phenoxy) is 1. The second-order valence-corrected chi connectivity index (χ2v) is 11.4. The highest BCUT2D eigenvalue weighted by atomic mass is 79.9. The summed E-state index contributed by atoms with van der Waals surface area (Å²) in [4.78, 5) is 13.8. The molecule has 2 aromatic carbocycles. The van der Waals surface area contributed by atoms with Crippen molar-refractivity contribution in [3.05, 3.63) is 57.4 Å². The second kappa shape index (κ2) is 10.9. The molecule has 10 heteroatoms. The minimum absolute atomic E-state index is 0.0682. The van der Waals surface area contributed by atoms with E-state index < -0.39 is 23.0 Å². The fourth-order valence-corrected chi connectivity index (χ4v) is 6.45. The van der Waals surface area contributed by atoms with Crippen LogP contribution in [0.1, 0.15) is 47.4 Å². The van der Waals surface area contributed by atoms with E-state index in [1.54, 1.807) is 18.7 Å². The van der Waals surface area contributed by atoms with Crippen LogP contribution in [0.4, 0.5) is 4.39 Å². The van der Waals surface area contributed by atoms with Crippen LogP contribution in [0.3, 0.4) is 0 Å². The van der Waals surface area contributed by atoms with E-state index in [0.717, 1.165) is 18.4 Å². The number of carbonyl (C=O) groups is 1. The Bertz CT molecular complexity index is 1200. The molecule has 0 saturated heterocycles. The molecular weight excluding hydrogens is 543 g/mol. The number of fused-ring (bicyclic) bond motifs is 1. The number of phenols is 1. The third-order valence-electron chi connectivity index (χ3n) is 5.67. The average molecular weight is 570 g/mol. The van der Waals surface area contributed by atoms with Crippen molar-refractivity contribution >= 4 is 55.7 Å². The van der Waals surface area contributed by atoms with Crippen LogP contribution in [0.5, 0.6) is 5.75 Å². The Morgan fingerprint density at radius 2 is 2.09 bits per heavy atom. The minimum atomic E-state index is -1.51. The number of benzene rings is 2. The van der Waals surface area contributed by atoms with Crippen molar-refractivity contribution in [1.29, 1.82) is 0 Å². The summed E-state index contributed by atoms with van der Waals surface area (Å²) in [5.41, 5.74) is 8.03. The standard InChI is InChI=1S/C24H26BrFN2O4S2/c1-2-32-24(30)22-20(13-34(31)16-7-3-14(26)4-8-16)28(15-5-6-15)19-11-18(25)23(29)17(21(19)22)12-33-10-9-27/h3-4,7-8,11,15,29H,2,5-6,9-10,12-13,27H2,1H3. The number of hydrogen-bond acceptors (Lipinski definition) is 6. The van der Waals surface area contributed by atoms with Crippen LogP contribution in [0, 0.1) is 5.82 Å². The number of hydrogen-bond donors (Lipinski definition) is 2. The summed E-state index contributed by atoms with van der Waals surface area (Å²) in [6, 6.07) is 7.53. The third kappa shape index (κ3) is 5.11. The van der Waals surface area contributed by atoms with Gasteiger partial charge in [0.1, 0.15) is 11.6 Å². The third-order valence-corrected chi connectivity index (χ3v) is 8.62. The molecule has 1 aliphatic rings. The van der Waals surface area contributed by atoms with Gasteiger partial charge < -0.3 is 24.7 Å². The lowest BCUT2D eigenvalue weighted by Gasteiger charge is -2.15. The highest BCUT2D eigenvalue weighted by Crippen LogP contribution is 2.47. The van der Waals surface area contributed by atoms with Gasteiger partial charge in [0.25, 0.3) is 0 Å². The highest BCUT2D eigenvalue weighted by molar-refractivity contribution is 9.10. The molecule has 1 saturated carbocycles. The van der Waals surface area contributed by atoms with E-state index in [9.17, 15) is 18.8 Å². The number of halogens is 2. The fraction of sp³-hybridized carbons (Fsp3) is 0.375. The lowest BCUT2D eigenvalue weighted by Crippen LogP contribution is -2.15. The van der Waals surface area contributed by atoms with Gasteiger partial charge in [-0.2, -0.15) is 11.8 Å². The van der Waals surface area contributed by atoms with Crippen LogP contribution in [-0.4, -0.2) is 39.1 Å². The number of esters is 1. The lowest BCUT2D eigenvalue weighted by atomic mass is 10.0. The van der Waals surface area contributed by atoms with Crippen LogP contribution < -0.4 is 5.73 Å². The Morgan fingerprint density at radius 3 is 2.71 bits per heavy atom. The maximum atomic E-state index is 13.4. The predicted octanol–water partition coefficient (Wildman–Crippen LogP) is 5.26. The summed E-state index contributed by atoms with van der Waals surface area (Å²) in [5, 5.41) is 11.5. The van der Waals surface area contributed by atoms with Crippen LogP contribution in [0.15, 0.2) is 39.7 Å². The van der Waals surface area contributed by atoms with Gasteiger partial charge in [0.05, 0.1) is 27.9 Å². The molecule has 1 aromatic heterocycles. The van der Waals surface area contributed by atoms with E-state index in [1.807, 2.05) is 6.07 Å². The molecule has 6 nitrogen and oxygen atoms in total. The molecule has 0 aliphatic heterocycles. The van der Waals surface area contributed by atoms with Crippen molar-refractivity contribution in [2.45, 2.75) is 42.2 Å². The van der Waals surface area contributed by atoms with Crippen molar-refractivity contribution in [1.82, 2.24) is 4.57 Å². The fourth-order valence-electron chi connectivity index (χ4n) is 4.06. The number of aromatic nitrogens is 1. The zero-order chi connectivity index (χ0) is 24.4. The first-order chi connectivity index (χ1) is 16.4. The van der Waals surface area contributed by atoms with Crippen molar-refractivity contribution in [2.75, 3.05) is 18.9 Å². The minimum Gasteiger partial charge on any atom is -0.611 e. The zero-order valence-corrected chi connectivity index (χ0v) is 21.9. The molecule has 3 N–H and O–H groups in total. The number of carbonyl (C=O) groups excluding carboxylic acids is 1. The number of phenolic OH excluding ortho intramolecular Hbond substituents is 1. The van der Waals surface area contributed by atoms with Crippen LogP contribution in [0.2, 0.25) is 0 Å². The van der Waals surface area contributed by atoms with E-state index in [4.69, 9.17) is 10.5 Å². The van der Waals surface area contributed by atoms with E-state index in [1.165, 1.54) is 24.3 Å². The number of nitrogens with two attached hydrogens (primary N) is 1. The molecule has 0 spiro atoms. The van der Waals surface area contributed by atoms with E-state index in [2.05, 4.69) is 20.5 Å². The molecule has 1 fully saturated rings. The van der Waals surface area contributed by atoms with Crippen LogP contribution in [0.25, 0.3) is 10.9 Å². The number of nitrogens with zero attached hydrogens (tertiary/aromatic N) is 1. The second-order valence-electron chi connectivity index (χ2n) is 8.01. The predicted molar refractivity (Wildman–Crippen MR) is 137 cm³/mol. The maximum absolute atomic E-state index is 13.4. The smallest absolute Gasteiger partial charge is 0.340 e. The number of thioether (sulfide) groups is 1. The Balaban J connectivity index is 1.93. The summed E-state index contributed by atoms with van der Waals surface area (Å²) in [5.74, 6) is 0.387. The highest BCUT2D eigenvalue weighted by Gasteiger charge is 2.36. The molecule has 34 heavy (non-hydrogen) atoms. The summed E-state index contributed by atoms with van der Waals surface area (Å²) in [6.45, 7) is 2.42. The maximum Gasteiger partial charge on any atom is 0.340 e. The SMILES string of the molecule is CCOC(=O)c1c(C[S+]([O-])c2ccc(F)cc2)n(C2CC2)c2cc(Br)c(O)c(CSCCN)c12. The Kier molecular flexibility index (Phi) is 8.14. The van der Waals surface area contributed by atoms with Gasteiger partial charge in [-0.1, -0.05) is 0 Å². The molecule has 0 bridgehead atoms. The van der Waals surface area contributed by atoms with Crippen molar-refractivity contribution in [3.63, 3.8) is 0 Å². The number of rotatable bonds is 10. The van der Waals surface area contributed by atoms with Crippen molar-refractivity contribution < 1.29 is 23.6 Å². The van der Waals surface area contributed by atoms with E-state index in [-0.39, 0.29) is 24.2 Å². The molecule has 1 heterocycles. The molecule has 3 aromatic rings. The monoisotopic (exact) mass is 568 g/mol. The van der Waals surface area contributed by atoms with Gasteiger partial charge >= 0.3 is 5.97 Å². The first-order valence-electron chi connectivity index (χ1n) is 11.0. The molecule has 4 rings (SSSR count). The molecule has 0 amide bonds. The van der Waals surface area contributed by atoms with Gasteiger partial charge in [0.15, 0.2) is 10.6 Å². The van der Waals surface area contributed by atoms with Gasteiger partial charge in [-0.25, -0.2) is 9.18 Å². The van der Waals surface area contributed by atoms with Gasteiger partial charge in [0.2, 0.25) is 0 Å². The first-order valence-corrected chi connectivity index (χ1v) is 14.3. The van der Waals surface area contributed by atoms with Crippen molar-refractivity contribution in [2.24, 2.45) is 5.73 Å². The molecule has 1 unspecified atom stereocenters. The molecular formula is C24H26BrFN2O4S2. The lowest BCUT2D eigenvalue weighted by molar-refractivity contribution is 0.0527. The molecule has 1 aliphatic carbocycles. The van der Waals surface area contributed by atoms with Gasteiger partial charge in [-0.05, 0) is 77.2 Å². The number of aromatic hydroxyl groups is 1. The summed E-state index contributed by atoms with van der Waals surface area (Å²) < 4.78 is 34.7. The van der Waals surface area contributed by atoms with Crippen molar-refractivity contribution in [3.8, 4) is 5.75 Å². The van der Waals surface area contributed by atoms with Crippen LogP contribution in [-0.2, 0) is 27.4 Å². The van der Waals surface area contributed by atoms with E-state index >= 15 is 0 Å². The first kappa shape index (κ1) is 25.4. The molecule has 182 valence electrons.